The van der Waals surface area contributed by atoms with Crippen LogP contribution >= 0.6 is 23.5 Å². The molecule has 0 radical (unpaired) electrons. The number of nitrogens with zero attached hydrogens (tertiary/aromatic N) is 1. The van der Waals surface area contributed by atoms with Crippen LogP contribution in [0.3, 0.4) is 0 Å². The Morgan fingerprint density at radius 2 is 1.61 bits per heavy atom. The van der Waals surface area contributed by atoms with Crippen LogP contribution in [0.15, 0.2) is 30.3 Å². The number of aryl methyl sites for hydroxylation is 2. The lowest BCUT2D eigenvalue weighted by molar-refractivity contribution is -0.385. The summed E-state index contributed by atoms with van der Waals surface area (Å²) in [6.07, 6.45) is 0. The van der Waals surface area contributed by atoms with Gasteiger partial charge in [0.15, 0.2) is 0 Å². The maximum absolute atomic E-state index is 12.1. The summed E-state index contributed by atoms with van der Waals surface area (Å²) in [6, 6.07) is 8.44. The van der Waals surface area contributed by atoms with Gasteiger partial charge in [-0.15, -0.1) is 29.3 Å². The molecule has 0 amide bonds. The van der Waals surface area contributed by atoms with E-state index < -0.39 is 4.92 Å². The second-order valence-corrected chi connectivity index (χ2v) is 8.12. The third-order valence-corrected chi connectivity index (χ3v) is 6.94. The average Bonchev–Trinajstić information content (AvgIpc) is 2.71. The Labute approximate surface area is 143 Å². The van der Waals surface area contributed by atoms with Crippen molar-refractivity contribution in [3.63, 3.8) is 0 Å². The first-order chi connectivity index (χ1) is 11.0. The number of thioether (sulfide) groups is 2. The van der Waals surface area contributed by atoms with Crippen molar-refractivity contribution in [3.8, 4) is 5.75 Å². The third-order valence-electron chi connectivity index (χ3n) is 4.05. The smallest absolute Gasteiger partial charge is 0.269 e. The monoisotopic (exact) mass is 346 g/mol. The molecule has 0 spiro atoms. The van der Waals surface area contributed by atoms with Gasteiger partial charge in [-0.1, -0.05) is 18.2 Å². The summed E-state index contributed by atoms with van der Waals surface area (Å²) in [5, 5.41) is 23.1. The molecule has 0 unspecified atom stereocenters. The highest BCUT2D eigenvalue weighted by atomic mass is 32.2. The summed E-state index contributed by atoms with van der Waals surface area (Å²) < 4.78 is -0.0737. The van der Waals surface area contributed by atoms with Crippen molar-refractivity contribution < 1.29 is 10.0 Å². The fourth-order valence-electron chi connectivity index (χ4n) is 2.60. The molecule has 0 aliphatic carbocycles. The number of hydrogen-bond donors (Lipinski definition) is 0. The van der Waals surface area contributed by atoms with Gasteiger partial charge in [0, 0.05) is 23.6 Å². The summed E-state index contributed by atoms with van der Waals surface area (Å²) >= 11 is 3.34. The number of fused-ring (bicyclic) bond motifs is 1. The van der Waals surface area contributed by atoms with Crippen LogP contribution in [0.4, 0.5) is 5.69 Å². The molecule has 1 heterocycles. The molecule has 1 aliphatic rings. The molecule has 0 bridgehead atoms. The first-order valence-corrected chi connectivity index (χ1v) is 9.33. The highest BCUT2D eigenvalue weighted by Crippen LogP contribution is 2.48. The van der Waals surface area contributed by atoms with Gasteiger partial charge in [-0.3, -0.25) is 10.1 Å². The normalized spacial score (nSPS) is 15.0. The summed E-state index contributed by atoms with van der Waals surface area (Å²) in [4.78, 5) is 10.5. The molecule has 0 atom stereocenters. The number of rotatable bonds is 2. The predicted octanol–water partition coefficient (Wildman–Crippen LogP) is 4.46. The van der Waals surface area contributed by atoms with Crippen molar-refractivity contribution in [1.29, 1.82) is 0 Å². The summed E-state index contributed by atoms with van der Waals surface area (Å²) in [5.74, 6) is 1.51. The summed E-state index contributed by atoms with van der Waals surface area (Å²) in [6.45, 7) is 4.21. The van der Waals surface area contributed by atoms with E-state index in [1.165, 1.54) is 40.5 Å². The van der Waals surface area contributed by atoms with E-state index in [4.69, 9.17) is 0 Å². The van der Waals surface area contributed by atoms with Crippen LogP contribution in [0.5, 0.6) is 5.75 Å². The standard InChI is InChI=1S/C17H17NO3S2/c1-10-5-12-8-22-17(23-9-13(12)6-11(10)2)15-7-14(18(20)21)3-4-16(15)19/h3-7,17,19H,8-9H2,1-2H3/p-1. The Morgan fingerprint density at radius 1 is 1.04 bits per heavy atom. The SMILES string of the molecule is Cc1cc2c(cc1C)CSC(c1cc([N+](=O)[O-])ccc1[O-])SC2. The minimum Gasteiger partial charge on any atom is -0.872 e. The summed E-state index contributed by atoms with van der Waals surface area (Å²) in [5.41, 5.74) is 5.64. The van der Waals surface area contributed by atoms with Gasteiger partial charge in [0.2, 0.25) is 0 Å². The highest BCUT2D eigenvalue weighted by Gasteiger charge is 2.21. The quantitative estimate of drug-likeness (QED) is 0.593. The van der Waals surface area contributed by atoms with Gasteiger partial charge in [0.25, 0.3) is 5.69 Å². The first-order valence-electron chi connectivity index (χ1n) is 7.23. The van der Waals surface area contributed by atoms with E-state index in [1.54, 1.807) is 23.5 Å². The Hall–Kier alpha value is -1.66. The van der Waals surface area contributed by atoms with Gasteiger partial charge in [0.05, 0.1) is 9.51 Å². The lowest BCUT2D eigenvalue weighted by Crippen LogP contribution is -2.00. The van der Waals surface area contributed by atoms with E-state index >= 15 is 0 Å². The fraction of sp³-hybridized carbons (Fsp3) is 0.294. The van der Waals surface area contributed by atoms with E-state index in [-0.39, 0.29) is 16.0 Å². The zero-order valence-corrected chi connectivity index (χ0v) is 14.5. The zero-order valence-electron chi connectivity index (χ0n) is 12.9. The van der Waals surface area contributed by atoms with Gasteiger partial charge in [-0.25, -0.2) is 0 Å². The maximum atomic E-state index is 12.1. The lowest BCUT2D eigenvalue weighted by Gasteiger charge is -2.20. The average molecular weight is 346 g/mol. The number of benzene rings is 2. The molecule has 4 nitrogen and oxygen atoms in total. The Bertz CT molecular complexity index is 744. The summed E-state index contributed by atoms with van der Waals surface area (Å²) in [7, 11) is 0. The molecule has 0 fully saturated rings. The van der Waals surface area contributed by atoms with Crippen LogP contribution in [-0.2, 0) is 11.5 Å². The van der Waals surface area contributed by atoms with Crippen molar-refractivity contribution in [2.75, 3.05) is 0 Å². The minimum absolute atomic E-state index is 0.0192. The largest absolute Gasteiger partial charge is 0.872 e. The molecule has 23 heavy (non-hydrogen) atoms. The molecule has 0 saturated carbocycles. The van der Waals surface area contributed by atoms with Crippen LogP contribution in [0.1, 0.15) is 32.4 Å². The molecule has 3 rings (SSSR count). The second-order valence-electron chi connectivity index (χ2n) is 5.64. The van der Waals surface area contributed by atoms with Gasteiger partial charge in [-0.05, 0) is 41.7 Å². The number of hydrogen-bond acceptors (Lipinski definition) is 5. The Balaban J connectivity index is 1.90. The molecule has 0 saturated heterocycles. The molecular weight excluding hydrogens is 330 g/mol. The molecule has 2 aromatic rings. The highest BCUT2D eigenvalue weighted by molar-refractivity contribution is 8.15. The van der Waals surface area contributed by atoms with Crippen LogP contribution < -0.4 is 5.11 Å². The van der Waals surface area contributed by atoms with E-state index in [0.717, 1.165) is 11.5 Å². The molecule has 120 valence electrons. The van der Waals surface area contributed by atoms with Crippen LogP contribution in [0.25, 0.3) is 0 Å². The zero-order chi connectivity index (χ0) is 16.6. The minimum atomic E-state index is -0.448. The molecule has 0 aromatic heterocycles. The van der Waals surface area contributed by atoms with Gasteiger partial charge in [-0.2, -0.15) is 0 Å². The Kier molecular flexibility index (Phi) is 4.55. The topological polar surface area (TPSA) is 66.2 Å². The lowest BCUT2D eigenvalue weighted by atomic mass is 10.0. The van der Waals surface area contributed by atoms with E-state index in [9.17, 15) is 15.2 Å². The molecule has 1 aliphatic heterocycles. The van der Waals surface area contributed by atoms with Crippen LogP contribution in [0, 0.1) is 24.0 Å². The number of nitro benzene ring substituents is 1. The fourth-order valence-corrected chi connectivity index (χ4v) is 5.32. The van der Waals surface area contributed by atoms with E-state index in [0.29, 0.717) is 5.56 Å². The van der Waals surface area contributed by atoms with Crippen molar-refractivity contribution in [3.05, 3.63) is 68.3 Å². The van der Waals surface area contributed by atoms with E-state index in [1.807, 2.05) is 0 Å². The third kappa shape index (κ3) is 3.33. The second kappa shape index (κ2) is 6.45. The van der Waals surface area contributed by atoms with Crippen molar-refractivity contribution in [2.24, 2.45) is 0 Å². The van der Waals surface area contributed by atoms with Crippen molar-refractivity contribution in [2.45, 2.75) is 29.9 Å². The van der Waals surface area contributed by atoms with Gasteiger partial charge >= 0.3 is 0 Å². The van der Waals surface area contributed by atoms with Crippen LogP contribution in [0.2, 0.25) is 0 Å². The van der Waals surface area contributed by atoms with Gasteiger partial charge in [0.1, 0.15) is 0 Å². The van der Waals surface area contributed by atoms with Gasteiger partial charge < -0.3 is 5.11 Å². The van der Waals surface area contributed by atoms with E-state index in [2.05, 4.69) is 26.0 Å². The molecular formula is C17H16NO3S2-. The first kappa shape index (κ1) is 16.2. The van der Waals surface area contributed by atoms with Crippen molar-refractivity contribution >= 4 is 29.2 Å². The number of nitro groups is 1. The molecule has 6 heteroatoms. The van der Waals surface area contributed by atoms with Crippen molar-refractivity contribution in [1.82, 2.24) is 0 Å². The maximum Gasteiger partial charge on any atom is 0.269 e. The Morgan fingerprint density at radius 3 is 2.13 bits per heavy atom. The predicted molar refractivity (Wildman–Crippen MR) is 93.8 cm³/mol. The number of non-ortho nitro benzene ring substituents is 1. The molecule has 0 N–H and O–H groups in total. The molecule has 2 aromatic carbocycles. The van der Waals surface area contributed by atoms with Crippen LogP contribution in [-0.4, -0.2) is 4.92 Å².